The molecule has 0 amide bonds. The molecule has 1 aromatic heterocycles. The zero-order chi connectivity index (χ0) is 14.5. The fraction of sp³-hybridized carbons (Fsp3) is 0.667. The SMILES string of the molecule is Cc1cc(CBr)cnc1N1CCN(CCN(C)C)CC1. The van der Waals surface area contributed by atoms with Crippen LogP contribution in [0.1, 0.15) is 11.1 Å². The molecule has 0 aromatic carbocycles. The summed E-state index contributed by atoms with van der Waals surface area (Å²) >= 11 is 3.48. The van der Waals surface area contributed by atoms with Crippen LogP contribution >= 0.6 is 15.9 Å². The van der Waals surface area contributed by atoms with E-state index in [4.69, 9.17) is 0 Å². The van der Waals surface area contributed by atoms with E-state index in [1.165, 1.54) is 11.1 Å². The van der Waals surface area contributed by atoms with Crippen molar-refractivity contribution in [3.63, 3.8) is 0 Å². The van der Waals surface area contributed by atoms with E-state index in [-0.39, 0.29) is 0 Å². The Morgan fingerprint density at radius 3 is 2.50 bits per heavy atom. The third-order valence-corrected chi connectivity index (χ3v) is 4.44. The number of halogens is 1. The predicted molar refractivity (Wildman–Crippen MR) is 88.8 cm³/mol. The number of hydrogen-bond donors (Lipinski definition) is 0. The van der Waals surface area contributed by atoms with Crippen LogP contribution in [0, 0.1) is 6.92 Å². The van der Waals surface area contributed by atoms with Crippen molar-refractivity contribution in [3.8, 4) is 0 Å². The number of aryl methyl sites for hydroxylation is 1. The summed E-state index contributed by atoms with van der Waals surface area (Å²) in [6.45, 7) is 8.88. The topological polar surface area (TPSA) is 22.6 Å². The third-order valence-electron chi connectivity index (χ3n) is 3.80. The second kappa shape index (κ2) is 7.38. The molecule has 0 N–H and O–H groups in total. The van der Waals surface area contributed by atoms with Crippen molar-refractivity contribution in [2.45, 2.75) is 12.3 Å². The fourth-order valence-corrected chi connectivity index (χ4v) is 2.86. The Labute approximate surface area is 130 Å². The van der Waals surface area contributed by atoms with Gasteiger partial charge in [0.2, 0.25) is 0 Å². The van der Waals surface area contributed by atoms with Crippen molar-refractivity contribution in [1.29, 1.82) is 0 Å². The molecule has 1 saturated heterocycles. The molecule has 0 saturated carbocycles. The fourth-order valence-electron chi connectivity index (χ4n) is 2.55. The summed E-state index contributed by atoms with van der Waals surface area (Å²) in [7, 11) is 4.27. The summed E-state index contributed by atoms with van der Waals surface area (Å²) in [6, 6.07) is 2.23. The lowest BCUT2D eigenvalue weighted by atomic mass is 10.2. The van der Waals surface area contributed by atoms with Gasteiger partial charge in [-0.15, -0.1) is 0 Å². The normalized spacial score (nSPS) is 16.9. The number of hydrogen-bond acceptors (Lipinski definition) is 4. The largest absolute Gasteiger partial charge is 0.354 e. The van der Waals surface area contributed by atoms with Gasteiger partial charge in [0.1, 0.15) is 5.82 Å². The first-order chi connectivity index (χ1) is 9.60. The number of piperazine rings is 1. The zero-order valence-electron chi connectivity index (χ0n) is 12.8. The lowest BCUT2D eigenvalue weighted by Gasteiger charge is -2.36. The molecule has 1 aliphatic rings. The molecule has 1 aromatic rings. The van der Waals surface area contributed by atoms with Crippen LogP contribution in [-0.2, 0) is 5.33 Å². The van der Waals surface area contributed by atoms with Crippen molar-refractivity contribution in [3.05, 3.63) is 23.4 Å². The van der Waals surface area contributed by atoms with Gasteiger partial charge in [0.25, 0.3) is 0 Å². The minimum atomic E-state index is 0.874. The second-order valence-corrected chi connectivity index (χ2v) is 6.31. The smallest absolute Gasteiger partial charge is 0.131 e. The van der Waals surface area contributed by atoms with E-state index < -0.39 is 0 Å². The van der Waals surface area contributed by atoms with Crippen molar-refractivity contribution < 1.29 is 0 Å². The molecule has 0 spiro atoms. The highest BCUT2D eigenvalue weighted by molar-refractivity contribution is 9.08. The molecular weight excluding hydrogens is 316 g/mol. The average Bonchev–Trinajstić information content (AvgIpc) is 2.45. The summed E-state index contributed by atoms with van der Waals surface area (Å²) in [4.78, 5) is 11.8. The van der Waals surface area contributed by atoms with Crippen molar-refractivity contribution in [2.24, 2.45) is 0 Å². The van der Waals surface area contributed by atoms with Gasteiger partial charge in [0.05, 0.1) is 0 Å². The van der Waals surface area contributed by atoms with E-state index in [2.05, 4.69) is 62.7 Å². The van der Waals surface area contributed by atoms with Crippen LogP contribution in [0.25, 0.3) is 0 Å². The maximum atomic E-state index is 4.64. The van der Waals surface area contributed by atoms with Gasteiger partial charge < -0.3 is 9.80 Å². The predicted octanol–water partition coefficient (Wildman–Crippen LogP) is 1.97. The van der Waals surface area contributed by atoms with Crippen LogP contribution in [0.5, 0.6) is 0 Å². The Hall–Kier alpha value is -0.650. The van der Waals surface area contributed by atoms with Gasteiger partial charge in [-0.05, 0) is 32.1 Å². The highest BCUT2D eigenvalue weighted by Crippen LogP contribution is 2.20. The molecule has 20 heavy (non-hydrogen) atoms. The molecular formula is C15H25BrN4. The van der Waals surface area contributed by atoms with Gasteiger partial charge in [-0.2, -0.15) is 0 Å². The number of alkyl halides is 1. The molecule has 112 valence electrons. The molecule has 0 bridgehead atoms. The molecule has 2 rings (SSSR count). The first kappa shape index (κ1) is 15.7. The molecule has 0 aliphatic carbocycles. The summed E-state index contributed by atoms with van der Waals surface area (Å²) in [5.74, 6) is 1.15. The van der Waals surface area contributed by atoms with Crippen molar-refractivity contribution in [1.82, 2.24) is 14.8 Å². The molecule has 1 aliphatic heterocycles. The summed E-state index contributed by atoms with van der Waals surface area (Å²) in [5.41, 5.74) is 2.53. The Bertz CT molecular complexity index is 428. The average molecular weight is 341 g/mol. The van der Waals surface area contributed by atoms with Gasteiger partial charge in [-0.25, -0.2) is 4.98 Å². The number of rotatable bonds is 5. The van der Waals surface area contributed by atoms with Gasteiger partial charge in [0.15, 0.2) is 0 Å². The number of pyridine rings is 1. The van der Waals surface area contributed by atoms with Gasteiger partial charge in [0, 0.05) is 50.8 Å². The summed E-state index contributed by atoms with van der Waals surface area (Å²) in [6.07, 6.45) is 1.98. The first-order valence-electron chi connectivity index (χ1n) is 7.23. The van der Waals surface area contributed by atoms with Crippen LogP contribution in [-0.4, -0.2) is 68.1 Å². The quantitative estimate of drug-likeness (QED) is 0.764. The van der Waals surface area contributed by atoms with E-state index in [1.807, 2.05) is 6.20 Å². The number of aromatic nitrogens is 1. The monoisotopic (exact) mass is 340 g/mol. The van der Waals surface area contributed by atoms with Crippen LogP contribution in [0.2, 0.25) is 0 Å². The van der Waals surface area contributed by atoms with Crippen molar-refractivity contribution in [2.75, 3.05) is 58.3 Å². The van der Waals surface area contributed by atoms with Crippen LogP contribution in [0.4, 0.5) is 5.82 Å². The molecule has 0 radical (unpaired) electrons. The summed E-state index contributed by atoms with van der Waals surface area (Å²) < 4.78 is 0. The molecule has 2 heterocycles. The maximum absolute atomic E-state index is 4.64. The van der Waals surface area contributed by atoms with E-state index in [0.717, 1.165) is 50.4 Å². The Morgan fingerprint density at radius 2 is 1.95 bits per heavy atom. The van der Waals surface area contributed by atoms with Gasteiger partial charge in [-0.1, -0.05) is 22.0 Å². The Balaban J connectivity index is 1.90. The minimum Gasteiger partial charge on any atom is -0.354 e. The second-order valence-electron chi connectivity index (χ2n) is 5.75. The lowest BCUT2D eigenvalue weighted by molar-refractivity contribution is 0.229. The molecule has 0 atom stereocenters. The standard InChI is InChI=1S/C15H25BrN4/c1-13-10-14(11-16)12-17-15(13)20-8-6-19(7-9-20)5-4-18(2)3/h10,12H,4-9,11H2,1-3H3. The molecule has 0 unspecified atom stereocenters. The van der Waals surface area contributed by atoms with E-state index in [9.17, 15) is 0 Å². The third kappa shape index (κ3) is 4.17. The van der Waals surface area contributed by atoms with Gasteiger partial charge >= 0.3 is 0 Å². The van der Waals surface area contributed by atoms with E-state index in [1.54, 1.807) is 0 Å². The molecule has 5 heteroatoms. The van der Waals surface area contributed by atoms with Crippen molar-refractivity contribution >= 4 is 21.7 Å². The molecule has 4 nitrogen and oxygen atoms in total. The lowest BCUT2D eigenvalue weighted by Crippen LogP contribution is -2.48. The summed E-state index contributed by atoms with van der Waals surface area (Å²) in [5, 5.41) is 0.874. The van der Waals surface area contributed by atoms with Crippen LogP contribution < -0.4 is 4.90 Å². The minimum absolute atomic E-state index is 0.874. The molecule has 1 fully saturated rings. The first-order valence-corrected chi connectivity index (χ1v) is 8.36. The highest BCUT2D eigenvalue weighted by atomic mass is 79.9. The van der Waals surface area contributed by atoms with E-state index in [0.29, 0.717) is 0 Å². The Kier molecular flexibility index (Phi) is 5.81. The number of anilines is 1. The van der Waals surface area contributed by atoms with Crippen LogP contribution in [0.15, 0.2) is 12.3 Å². The maximum Gasteiger partial charge on any atom is 0.131 e. The number of likely N-dealkylation sites (N-methyl/N-ethyl adjacent to an activating group) is 1. The Morgan fingerprint density at radius 1 is 1.25 bits per heavy atom. The zero-order valence-corrected chi connectivity index (χ0v) is 14.4. The van der Waals surface area contributed by atoms with E-state index >= 15 is 0 Å². The van der Waals surface area contributed by atoms with Crippen LogP contribution in [0.3, 0.4) is 0 Å². The number of nitrogens with zero attached hydrogens (tertiary/aromatic N) is 4. The highest BCUT2D eigenvalue weighted by Gasteiger charge is 2.19. The van der Waals surface area contributed by atoms with Gasteiger partial charge in [-0.3, -0.25) is 4.90 Å².